The molecule has 0 amide bonds. The van der Waals surface area contributed by atoms with E-state index in [0.717, 1.165) is 32.7 Å². The van der Waals surface area contributed by atoms with E-state index in [2.05, 4.69) is 47.3 Å². The van der Waals surface area contributed by atoms with Gasteiger partial charge in [0.1, 0.15) is 12.4 Å². The fourth-order valence-electron chi connectivity index (χ4n) is 2.55. The first kappa shape index (κ1) is 16.4. The summed E-state index contributed by atoms with van der Waals surface area (Å²) in [7, 11) is 0. The average Bonchev–Trinajstić information content (AvgIpc) is 3.18. The van der Waals surface area contributed by atoms with E-state index < -0.39 is 0 Å². The maximum absolute atomic E-state index is 6.02. The van der Waals surface area contributed by atoms with E-state index in [0.29, 0.717) is 11.9 Å². The molecule has 0 aliphatic carbocycles. The largest absolute Gasteiger partial charge is 0.486 e. The standard InChI is InChI=1S/C18H18N4OS2/c1-12(2)24-11-16-19-20-18-22(16)21-17(25-18)10-23-15-9-5-7-13-6-3-4-8-14(13)15/h3-9,12H,10-11H2,1-2H3. The molecule has 2 heterocycles. The highest BCUT2D eigenvalue weighted by Crippen LogP contribution is 2.26. The van der Waals surface area contributed by atoms with Crippen LogP contribution < -0.4 is 4.74 Å². The van der Waals surface area contributed by atoms with E-state index in [4.69, 9.17) is 4.74 Å². The molecule has 0 bridgehead atoms. The molecule has 0 spiro atoms. The Bertz CT molecular complexity index is 1000. The monoisotopic (exact) mass is 370 g/mol. The fraction of sp³-hybridized carbons (Fsp3) is 0.278. The van der Waals surface area contributed by atoms with Crippen molar-refractivity contribution in [3.63, 3.8) is 0 Å². The van der Waals surface area contributed by atoms with Crippen molar-refractivity contribution in [2.45, 2.75) is 31.5 Å². The molecule has 25 heavy (non-hydrogen) atoms. The van der Waals surface area contributed by atoms with Crippen LogP contribution in [0, 0.1) is 0 Å². The minimum atomic E-state index is 0.429. The normalized spacial score (nSPS) is 11.6. The van der Waals surface area contributed by atoms with Gasteiger partial charge in [-0.15, -0.1) is 10.2 Å². The van der Waals surface area contributed by atoms with Crippen LogP contribution in [0.5, 0.6) is 5.75 Å². The lowest BCUT2D eigenvalue weighted by Gasteiger charge is -2.07. The predicted octanol–water partition coefficient (Wildman–Crippen LogP) is 4.56. The van der Waals surface area contributed by atoms with Gasteiger partial charge in [-0.2, -0.15) is 21.4 Å². The molecule has 2 aromatic heterocycles. The first-order valence-electron chi connectivity index (χ1n) is 8.13. The molecule has 0 N–H and O–H groups in total. The number of ether oxygens (including phenoxy) is 1. The van der Waals surface area contributed by atoms with Gasteiger partial charge >= 0.3 is 0 Å². The second-order valence-electron chi connectivity index (χ2n) is 5.93. The number of fused-ring (bicyclic) bond motifs is 2. The Kier molecular flexibility index (Phi) is 4.59. The summed E-state index contributed by atoms with van der Waals surface area (Å²) >= 11 is 3.36. The maximum Gasteiger partial charge on any atom is 0.234 e. The van der Waals surface area contributed by atoms with Crippen molar-refractivity contribution >= 4 is 38.8 Å². The Labute approximate surface area is 154 Å². The van der Waals surface area contributed by atoms with Gasteiger partial charge in [0.05, 0.1) is 5.75 Å². The van der Waals surface area contributed by atoms with Gasteiger partial charge in [-0.25, -0.2) is 0 Å². The van der Waals surface area contributed by atoms with Gasteiger partial charge < -0.3 is 4.74 Å². The Balaban J connectivity index is 1.53. The van der Waals surface area contributed by atoms with Crippen molar-refractivity contribution in [2.24, 2.45) is 0 Å². The van der Waals surface area contributed by atoms with Crippen LogP contribution in [-0.2, 0) is 12.4 Å². The summed E-state index contributed by atoms with van der Waals surface area (Å²) in [6.45, 7) is 4.78. The van der Waals surface area contributed by atoms with Crippen molar-refractivity contribution in [3.05, 3.63) is 53.3 Å². The molecule has 4 rings (SSSR count). The highest BCUT2D eigenvalue weighted by molar-refractivity contribution is 7.99. The molecule has 128 valence electrons. The van der Waals surface area contributed by atoms with Crippen molar-refractivity contribution < 1.29 is 4.74 Å². The molecule has 0 unspecified atom stereocenters. The van der Waals surface area contributed by atoms with Gasteiger partial charge in [-0.1, -0.05) is 61.6 Å². The van der Waals surface area contributed by atoms with Crippen molar-refractivity contribution in [1.82, 2.24) is 19.8 Å². The molecule has 2 aromatic carbocycles. The lowest BCUT2D eigenvalue weighted by molar-refractivity contribution is 0.308. The van der Waals surface area contributed by atoms with E-state index in [1.807, 2.05) is 40.5 Å². The SMILES string of the molecule is CC(C)SCc1nnc2sc(COc3cccc4ccccc34)nn12. The minimum absolute atomic E-state index is 0.429. The van der Waals surface area contributed by atoms with Crippen molar-refractivity contribution in [2.75, 3.05) is 0 Å². The number of thioether (sulfide) groups is 1. The lowest BCUT2D eigenvalue weighted by atomic mass is 10.1. The summed E-state index contributed by atoms with van der Waals surface area (Å²) in [6, 6.07) is 14.3. The first-order chi connectivity index (χ1) is 12.2. The maximum atomic E-state index is 6.02. The molecule has 0 saturated carbocycles. The molecule has 0 fully saturated rings. The topological polar surface area (TPSA) is 52.3 Å². The number of hydrogen-bond acceptors (Lipinski definition) is 6. The third-order valence-electron chi connectivity index (χ3n) is 3.74. The van der Waals surface area contributed by atoms with Crippen LogP contribution in [-0.4, -0.2) is 25.1 Å². The van der Waals surface area contributed by atoms with Gasteiger partial charge in [0.15, 0.2) is 10.8 Å². The van der Waals surface area contributed by atoms with E-state index in [-0.39, 0.29) is 0 Å². The Morgan fingerprint density at radius 2 is 1.96 bits per heavy atom. The van der Waals surface area contributed by atoms with Gasteiger partial charge in [0, 0.05) is 5.39 Å². The highest BCUT2D eigenvalue weighted by Gasteiger charge is 2.13. The van der Waals surface area contributed by atoms with Gasteiger partial charge in [0.2, 0.25) is 4.96 Å². The van der Waals surface area contributed by atoms with E-state index in [1.54, 1.807) is 0 Å². The van der Waals surface area contributed by atoms with Crippen LogP contribution in [0.2, 0.25) is 0 Å². The zero-order chi connectivity index (χ0) is 17.2. The fourth-order valence-corrected chi connectivity index (χ4v) is 3.98. The summed E-state index contributed by atoms with van der Waals surface area (Å²) in [4.78, 5) is 0.816. The number of benzene rings is 2. The third-order valence-corrected chi connectivity index (χ3v) is 5.71. The van der Waals surface area contributed by atoms with E-state index >= 15 is 0 Å². The lowest BCUT2D eigenvalue weighted by Crippen LogP contribution is -2.00. The zero-order valence-electron chi connectivity index (χ0n) is 14.0. The van der Waals surface area contributed by atoms with Crippen molar-refractivity contribution in [3.8, 4) is 5.75 Å². The molecule has 5 nitrogen and oxygen atoms in total. The molecule has 0 atom stereocenters. The summed E-state index contributed by atoms with van der Waals surface area (Å²) < 4.78 is 7.86. The van der Waals surface area contributed by atoms with Gasteiger partial charge in [0.25, 0.3) is 0 Å². The molecule has 0 aliphatic heterocycles. The molecular formula is C18H18N4OS2. The van der Waals surface area contributed by atoms with Crippen LogP contribution >= 0.6 is 23.1 Å². The smallest absolute Gasteiger partial charge is 0.234 e. The molecule has 0 saturated heterocycles. The highest BCUT2D eigenvalue weighted by atomic mass is 32.2. The Morgan fingerprint density at radius 1 is 1.12 bits per heavy atom. The molecular weight excluding hydrogens is 352 g/mol. The molecule has 0 aliphatic rings. The summed E-state index contributed by atoms with van der Waals surface area (Å²) in [5, 5.41) is 16.8. The second-order valence-corrected chi connectivity index (χ2v) is 8.54. The van der Waals surface area contributed by atoms with Crippen LogP contribution in [0.4, 0.5) is 0 Å². The van der Waals surface area contributed by atoms with Crippen molar-refractivity contribution in [1.29, 1.82) is 0 Å². The molecule has 0 radical (unpaired) electrons. The van der Waals surface area contributed by atoms with Crippen LogP contribution in [0.3, 0.4) is 0 Å². The quantitative estimate of drug-likeness (QED) is 0.498. The van der Waals surface area contributed by atoms with Crippen LogP contribution in [0.1, 0.15) is 24.7 Å². The number of aromatic nitrogens is 4. The molecule has 4 aromatic rings. The summed E-state index contributed by atoms with van der Waals surface area (Å²) in [5.41, 5.74) is 0. The Morgan fingerprint density at radius 3 is 2.84 bits per heavy atom. The van der Waals surface area contributed by atoms with Gasteiger partial charge in [-0.05, 0) is 16.7 Å². The molecule has 7 heteroatoms. The van der Waals surface area contributed by atoms with Crippen LogP contribution in [0.25, 0.3) is 15.7 Å². The minimum Gasteiger partial charge on any atom is -0.486 e. The second kappa shape index (κ2) is 7.01. The Hall–Kier alpha value is -2.12. The van der Waals surface area contributed by atoms with Gasteiger partial charge in [-0.3, -0.25) is 0 Å². The first-order valence-corrected chi connectivity index (χ1v) is 9.99. The predicted molar refractivity (Wildman–Crippen MR) is 103 cm³/mol. The van der Waals surface area contributed by atoms with Crippen LogP contribution in [0.15, 0.2) is 42.5 Å². The number of hydrogen-bond donors (Lipinski definition) is 0. The summed E-state index contributed by atoms with van der Waals surface area (Å²) in [6.07, 6.45) is 0. The number of rotatable bonds is 6. The summed E-state index contributed by atoms with van der Waals surface area (Å²) in [5.74, 6) is 2.58. The third kappa shape index (κ3) is 3.48. The van der Waals surface area contributed by atoms with E-state index in [1.165, 1.54) is 16.7 Å². The zero-order valence-corrected chi connectivity index (χ0v) is 15.7. The van der Waals surface area contributed by atoms with E-state index in [9.17, 15) is 0 Å². The average molecular weight is 371 g/mol. The number of nitrogens with zero attached hydrogens (tertiary/aromatic N) is 4.